The zero-order chi connectivity index (χ0) is 14.0. The van der Waals surface area contributed by atoms with E-state index in [0.29, 0.717) is 21.3 Å². The van der Waals surface area contributed by atoms with Gasteiger partial charge in [-0.1, -0.05) is 23.2 Å². The van der Waals surface area contributed by atoms with Gasteiger partial charge in [0.25, 0.3) is 5.91 Å². The average molecular weight is 297 g/mol. The Kier molecular flexibility index (Phi) is 3.93. The van der Waals surface area contributed by atoms with Crippen molar-refractivity contribution in [2.45, 2.75) is 6.92 Å². The summed E-state index contributed by atoms with van der Waals surface area (Å²) in [6, 6.07) is 5.96. The first-order valence-electron chi connectivity index (χ1n) is 5.43. The van der Waals surface area contributed by atoms with E-state index < -0.39 is 0 Å². The third kappa shape index (κ3) is 3.16. The van der Waals surface area contributed by atoms with Gasteiger partial charge in [0.15, 0.2) is 0 Å². The minimum Gasteiger partial charge on any atom is -0.328 e. The highest BCUT2D eigenvalue weighted by Gasteiger charge is 2.10. The molecule has 0 fully saturated rings. The van der Waals surface area contributed by atoms with E-state index in [-0.39, 0.29) is 11.5 Å². The Morgan fingerprint density at radius 1 is 1.21 bits per heavy atom. The predicted octanol–water partition coefficient (Wildman–Crippen LogP) is 3.24. The molecule has 1 aromatic carbocycles. The van der Waals surface area contributed by atoms with Crippen molar-refractivity contribution >= 4 is 34.8 Å². The Hall–Kier alpha value is -1.78. The van der Waals surface area contributed by atoms with Crippen molar-refractivity contribution < 1.29 is 4.79 Å². The number of rotatable bonds is 2. The zero-order valence-corrected chi connectivity index (χ0v) is 11.5. The predicted molar refractivity (Wildman–Crippen MR) is 76.2 cm³/mol. The molecule has 0 atom stereocenters. The van der Waals surface area contributed by atoms with E-state index in [1.165, 1.54) is 18.3 Å². The fourth-order valence-electron chi connectivity index (χ4n) is 1.49. The second-order valence-corrected chi connectivity index (χ2v) is 4.79. The second-order valence-electron chi connectivity index (χ2n) is 3.98. The molecule has 0 radical (unpaired) electrons. The van der Waals surface area contributed by atoms with Gasteiger partial charge in [-0.15, -0.1) is 0 Å². The van der Waals surface area contributed by atoms with Gasteiger partial charge in [-0.3, -0.25) is 9.59 Å². The number of nitrogens with one attached hydrogen (secondary N) is 2. The monoisotopic (exact) mass is 296 g/mol. The maximum absolute atomic E-state index is 11.9. The van der Waals surface area contributed by atoms with Crippen LogP contribution in [-0.4, -0.2) is 10.9 Å². The van der Waals surface area contributed by atoms with Crippen molar-refractivity contribution in [1.29, 1.82) is 0 Å². The average Bonchev–Trinajstić information content (AvgIpc) is 2.36. The number of carbonyl (C=O) groups excluding carboxylic acids is 1. The van der Waals surface area contributed by atoms with Crippen LogP contribution in [0.25, 0.3) is 0 Å². The number of hydrogen-bond donors (Lipinski definition) is 2. The molecule has 0 aliphatic carbocycles. The van der Waals surface area contributed by atoms with Crippen LogP contribution in [0.1, 0.15) is 15.9 Å². The Labute approximate surface area is 119 Å². The molecule has 19 heavy (non-hydrogen) atoms. The lowest BCUT2D eigenvalue weighted by atomic mass is 10.2. The molecule has 0 spiro atoms. The lowest BCUT2D eigenvalue weighted by Gasteiger charge is -2.09. The van der Waals surface area contributed by atoms with Crippen LogP contribution >= 0.6 is 23.2 Å². The molecule has 98 valence electrons. The van der Waals surface area contributed by atoms with Gasteiger partial charge in [-0.2, -0.15) is 0 Å². The summed E-state index contributed by atoms with van der Waals surface area (Å²) in [7, 11) is 0. The van der Waals surface area contributed by atoms with Gasteiger partial charge in [0.1, 0.15) is 0 Å². The van der Waals surface area contributed by atoms with Crippen LogP contribution in [0.15, 0.2) is 35.3 Å². The maximum atomic E-state index is 11.9. The summed E-state index contributed by atoms with van der Waals surface area (Å²) in [6.07, 6.45) is 1.33. The van der Waals surface area contributed by atoms with Crippen LogP contribution in [0.3, 0.4) is 0 Å². The molecule has 2 aromatic rings. The summed E-state index contributed by atoms with van der Waals surface area (Å²) < 4.78 is 0. The summed E-state index contributed by atoms with van der Waals surface area (Å²) in [5.41, 5.74) is 1.31. The molecule has 2 rings (SSSR count). The Balaban J connectivity index is 2.26. The standard InChI is InChI=1S/C13H10Cl2N2O2/c1-7-4-10(15)11(5-9(7)14)17-13(19)8-2-3-12(18)16-6-8/h2-6H,1H3,(H,16,18)(H,17,19). The first kappa shape index (κ1) is 13.6. The van der Waals surface area contributed by atoms with Gasteiger partial charge < -0.3 is 10.3 Å². The first-order chi connectivity index (χ1) is 8.97. The fourth-order valence-corrected chi connectivity index (χ4v) is 1.92. The maximum Gasteiger partial charge on any atom is 0.257 e. The molecule has 0 unspecified atom stereocenters. The molecular formula is C13H10Cl2N2O2. The van der Waals surface area contributed by atoms with Crippen molar-refractivity contribution in [3.8, 4) is 0 Å². The highest BCUT2D eigenvalue weighted by molar-refractivity contribution is 6.36. The molecular weight excluding hydrogens is 287 g/mol. The van der Waals surface area contributed by atoms with Crippen molar-refractivity contribution in [3.05, 3.63) is 62.0 Å². The van der Waals surface area contributed by atoms with Gasteiger partial charge >= 0.3 is 0 Å². The normalized spacial score (nSPS) is 10.3. The number of hydrogen-bond acceptors (Lipinski definition) is 2. The highest BCUT2D eigenvalue weighted by atomic mass is 35.5. The summed E-state index contributed by atoms with van der Waals surface area (Å²) in [5.74, 6) is -0.377. The Bertz CT molecular complexity index is 675. The summed E-state index contributed by atoms with van der Waals surface area (Å²) >= 11 is 12.0. The lowest BCUT2D eigenvalue weighted by molar-refractivity contribution is 0.102. The summed E-state index contributed by atoms with van der Waals surface area (Å²) in [5, 5.41) is 3.55. The molecule has 0 saturated heterocycles. The molecule has 2 N–H and O–H groups in total. The van der Waals surface area contributed by atoms with Gasteiger partial charge in [0.2, 0.25) is 5.56 Å². The Morgan fingerprint density at radius 2 is 1.95 bits per heavy atom. The number of amides is 1. The van der Waals surface area contributed by atoms with Gasteiger partial charge in [-0.25, -0.2) is 0 Å². The molecule has 4 nitrogen and oxygen atoms in total. The lowest BCUT2D eigenvalue weighted by Crippen LogP contribution is -2.14. The Morgan fingerprint density at radius 3 is 2.58 bits per heavy atom. The number of anilines is 1. The van der Waals surface area contributed by atoms with E-state index >= 15 is 0 Å². The second kappa shape index (κ2) is 5.47. The molecule has 1 aromatic heterocycles. The van der Waals surface area contributed by atoms with Crippen LogP contribution < -0.4 is 10.9 Å². The number of aryl methyl sites for hydroxylation is 1. The molecule has 0 bridgehead atoms. The van der Waals surface area contributed by atoms with E-state index in [1.54, 1.807) is 12.1 Å². The minimum atomic E-state index is -0.377. The zero-order valence-electron chi connectivity index (χ0n) is 9.96. The topological polar surface area (TPSA) is 62.0 Å². The molecule has 1 amide bonds. The van der Waals surface area contributed by atoms with Gasteiger partial charge in [0.05, 0.1) is 16.3 Å². The molecule has 0 aliphatic heterocycles. The fraction of sp³-hybridized carbons (Fsp3) is 0.0769. The SMILES string of the molecule is Cc1cc(Cl)c(NC(=O)c2ccc(=O)[nH]c2)cc1Cl. The number of pyridine rings is 1. The number of benzene rings is 1. The highest BCUT2D eigenvalue weighted by Crippen LogP contribution is 2.29. The smallest absolute Gasteiger partial charge is 0.257 e. The van der Waals surface area contributed by atoms with E-state index in [2.05, 4.69) is 10.3 Å². The third-order valence-electron chi connectivity index (χ3n) is 2.54. The molecule has 6 heteroatoms. The summed E-state index contributed by atoms with van der Waals surface area (Å²) in [4.78, 5) is 25.3. The number of halogens is 2. The van der Waals surface area contributed by atoms with E-state index in [1.807, 2.05) is 6.92 Å². The van der Waals surface area contributed by atoms with Crippen LogP contribution in [0.2, 0.25) is 10.0 Å². The largest absolute Gasteiger partial charge is 0.328 e. The number of aromatic amines is 1. The van der Waals surface area contributed by atoms with E-state index in [0.717, 1.165) is 5.56 Å². The number of carbonyl (C=O) groups is 1. The van der Waals surface area contributed by atoms with Crippen molar-refractivity contribution in [2.24, 2.45) is 0 Å². The molecule has 0 saturated carbocycles. The van der Waals surface area contributed by atoms with Gasteiger partial charge in [-0.05, 0) is 30.7 Å². The van der Waals surface area contributed by atoms with Crippen molar-refractivity contribution in [3.63, 3.8) is 0 Å². The number of aromatic nitrogens is 1. The molecule has 1 heterocycles. The van der Waals surface area contributed by atoms with Crippen LogP contribution in [-0.2, 0) is 0 Å². The first-order valence-corrected chi connectivity index (χ1v) is 6.18. The third-order valence-corrected chi connectivity index (χ3v) is 3.26. The minimum absolute atomic E-state index is 0.270. The molecule has 0 aliphatic rings. The van der Waals surface area contributed by atoms with Crippen molar-refractivity contribution in [2.75, 3.05) is 5.32 Å². The van der Waals surface area contributed by atoms with Crippen LogP contribution in [0.5, 0.6) is 0 Å². The van der Waals surface area contributed by atoms with E-state index in [9.17, 15) is 9.59 Å². The van der Waals surface area contributed by atoms with E-state index in [4.69, 9.17) is 23.2 Å². The van der Waals surface area contributed by atoms with Crippen LogP contribution in [0, 0.1) is 6.92 Å². The van der Waals surface area contributed by atoms with Gasteiger partial charge in [0, 0.05) is 17.3 Å². The van der Waals surface area contributed by atoms with Crippen molar-refractivity contribution in [1.82, 2.24) is 4.98 Å². The quantitative estimate of drug-likeness (QED) is 0.894. The summed E-state index contributed by atoms with van der Waals surface area (Å²) in [6.45, 7) is 1.82. The number of H-pyrrole nitrogens is 1. The van der Waals surface area contributed by atoms with Crippen LogP contribution in [0.4, 0.5) is 5.69 Å².